The first-order valence-electron chi connectivity index (χ1n) is 5.25. The first kappa shape index (κ1) is 11.7. The first-order valence-corrected chi connectivity index (χ1v) is 5.63. The van der Waals surface area contributed by atoms with Crippen LogP contribution in [-0.2, 0) is 6.61 Å². The van der Waals surface area contributed by atoms with Crippen LogP contribution in [0, 0.1) is 6.92 Å². The third-order valence-corrected chi connectivity index (χ3v) is 2.74. The van der Waals surface area contributed by atoms with Crippen LogP contribution in [0.5, 0.6) is 5.88 Å². The SMILES string of the molecule is Cc1cc(N)cnc1OCc1ccccc1Cl. The van der Waals surface area contributed by atoms with Gasteiger partial charge in [0.05, 0.1) is 11.9 Å². The Balaban J connectivity index is 2.10. The molecule has 0 aliphatic rings. The Hall–Kier alpha value is -1.74. The maximum atomic E-state index is 6.04. The normalized spacial score (nSPS) is 10.2. The minimum absolute atomic E-state index is 0.400. The summed E-state index contributed by atoms with van der Waals surface area (Å²) in [6.45, 7) is 2.31. The number of nitrogens with zero attached hydrogens (tertiary/aromatic N) is 1. The third kappa shape index (κ3) is 2.88. The number of halogens is 1. The summed E-state index contributed by atoms with van der Waals surface area (Å²) in [4.78, 5) is 4.13. The summed E-state index contributed by atoms with van der Waals surface area (Å²) in [5.41, 5.74) is 8.10. The second-order valence-electron chi connectivity index (χ2n) is 3.77. The van der Waals surface area contributed by atoms with E-state index in [1.54, 1.807) is 6.20 Å². The summed E-state index contributed by atoms with van der Waals surface area (Å²) in [7, 11) is 0. The van der Waals surface area contributed by atoms with Crippen LogP contribution < -0.4 is 10.5 Å². The summed E-state index contributed by atoms with van der Waals surface area (Å²) in [6.07, 6.45) is 1.58. The summed E-state index contributed by atoms with van der Waals surface area (Å²) < 4.78 is 5.61. The van der Waals surface area contributed by atoms with Crippen LogP contribution in [0.15, 0.2) is 36.5 Å². The lowest BCUT2D eigenvalue weighted by atomic mass is 10.2. The summed E-state index contributed by atoms with van der Waals surface area (Å²) in [5, 5.41) is 0.695. The highest BCUT2D eigenvalue weighted by atomic mass is 35.5. The van der Waals surface area contributed by atoms with Crippen molar-refractivity contribution in [2.24, 2.45) is 0 Å². The molecule has 0 unspecified atom stereocenters. The maximum Gasteiger partial charge on any atom is 0.216 e. The van der Waals surface area contributed by atoms with E-state index >= 15 is 0 Å². The average molecular weight is 249 g/mol. The van der Waals surface area contributed by atoms with Gasteiger partial charge in [-0.3, -0.25) is 0 Å². The molecule has 0 aliphatic carbocycles. The number of pyridine rings is 1. The number of ether oxygens (including phenoxy) is 1. The number of aromatic nitrogens is 1. The van der Waals surface area contributed by atoms with Crippen molar-refractivity contribution >= 4 is 17.3 Å². The van der Waals surface area contributed by atoms with Crippen LogP contribution in [0.4, 0.5) is 5.69 Å². The molecule has 0 fully saturated rings. The van der Waals surface area contributed by atoms with E-state index in [0.717, 1.165) is 11.1 Å². The predicted octanol–water partition coefficient (Wildman–Crippen LogP) is 3.20. The van der Waals surface area contributed by atoms with E-state index < -0.39 is 0 Å². The molecule has 17 heavy (non-hydrogen) atoms. The van der Waals surface area contributed by atoms with Crippen LogP contribution in [0.1, 0.15) is 11.1 Å². The van der Waals surface area contributed by atoms with E-state index in [-0.39, 0.29) is 0 Å². The fourth-order valence-electron chi connectivity index (χ4n) is 1.50. The van der Waals surface area contributed by atoms with Crippen molar-refractivity contribution in [3.8, 4) is 5.88 Å². The van der Waals surface area contributed by atoms with Crippen LogP contribution in [0.25, 0.3) is 0 Å². The van der Waals surface area contributed by atoms with E-state index in [9.17, 15) is 0 Å². The Morgan fingerprint density at radius 1 is 1.35 bits per heavy atom. The van der Waals surface area contributed by atoms with E-state index in [2.05, 4.69) is 4.98 Å². The highest BCUT2D eigenvalue weighted by Crippen LogP contribution is 2.20. The minimum Gasteiger partial charge on any atom is -0.473 e. The molecule has 88 valence electrons. The fraction of sp³-hybridized carbons (Fsp3) is 0.154. The van der Waals surface area contributed by atoms with E-state index in [1.807, 2.05) is 37.3 Å². The summed E-state index contributed by atoms with van der Waals surface area (Å²) in [6, 6.07) is 9.40. The van der Waals surface area contributed by atoms with Gasteiger partial charge in [0.2, 0.25) is 5.88 Å². The van der Waals surface area contributed by atoms with Gasteiger partial charge in [0.15, 0.2) is 0 Å². The second-order valence-corrected chi connectivity index (χ2v) is 4.18. The molecular formula is C13H13ClN2O. The molecule has 2 rings (SSSR count). The van der Waals surface area contributed by atoms with Crippen molar-refractivity contribution in [1.29, 1.82) is 0 Å². The van der Waals surface area contributed by atoms with Gasteiger partial charge in [-0.1, -0.05) is 29.8 Å². The average Bonchev–Trinajstić information content (AvgIpc) is 2.30. The van der Waals surface area contributed by atoms with E-state index in [4.69, 9.17) is 22.1 Å². The summed E-state index contributed by atoms with van der Waals surface area (Å²) >= 11 is 6.04. The highest BCUT2D eigenvalue weighted by molar-refractivity contribution is 6.31. The third-order valence-electron chi connectivity index (χ3n) is 2.37. The van der Waals surface area contributed by atoms with Gasteiger partial charge in [-0.2, -0.15) is 0 Å². The zero-order chi connectivity index (χ0) is 12.3. The number of hydrogen-bond acceptors (Lipinski definition) is 3. The molecule has 1 aromatic carbocycles. The van der Waals surface area contributed by atoms with Gasteiger partial charge in [-0.05, 0) is 19.1 Å². The van der Waals surface area contributed by atoms with Crippen LogP contribution in [-0.4, -0.2) is 4.98 Å². The zero-order valence-electron chi connectivity index (χ0n) is 9.48. The molecule has 0 amide bonds. The van der Waals surface area contributed by atoms with Crippen molar-refractivity contribution < 1.29 is 4.74 Å². The van der Waals surface area contributed by atoms with Gasteiger partial charge in [0, 0.05) is 16.1 Å². The molecule has 0 radical (unpaired) electrons. The molecule has 0 saturated heterocycles. The molecule has 2 N–H and O–H groups in total. The molecule has 4 heteroatoms. The predicted molar refractivity (Wildman–Crippen MR) is 69.2 cm³/mol. The zero-order valence-corrected chi connectivity index (χ0v) is 10.2. The number of anilines is 1. The topological polar surface area (TPSA) is 48.1 Å². The smallest absolute Gasteiger partial charge is 0.216 e. The van der Waals surface area contributed by atoms with Gasteiger partial charge < -0.3 is 10.5 Å². The second kappa shape index (κ2) is 5.06. The monoisotopic (exact) mass is 248 g/mol. The maximum absolute atomic E-state index is 6.04. The lowest BCUT2D eigenvalue weighted by Gasteiger charge is -2.09. The molecule has 1 aromatic heterocycles. The lowest BCUT2D eigenvalue weighted by molar-refractivity contribution is 0.292. The molecule has 0 bridgehead atoms. The highest BCUT2D eigenvalue weighted by Gasteiger charge is 2.04. The lowest BCUT2D eigenvalue weighted by Crippen LogP contribution is -2.00. The quantitative estimate of drug-likeness (QED) is 0.907. The van der Waals surface area contributed by atoms with Crippen molar-refractivity contribution in [1.82, 2.24) is 4.98 Å². The van der Waals surface area contributed by atoms with Crippen LogP contribution in [0.2, 0.25) is 5.02 Å². The molecule has 3 nitrogen and oxygen atoms in total. The summed E-state index contributed by atoms with van der Waals surface area (Å²) in [5.74, 6) is 0.583. The van der Waals surface area contributed by atoms with Crippen molar-refractivity contribution in [2.45, 2.75) is 13.5 Å². The molecule has 0 saturated carbocycles. The number of nitrogen functional groups attached to an aromatic ring is 1. The van der Waals surface area contributed by atoms with Crippen LogP contribution >= 0.6 is 11.6 Å². The standard InChI is InChI=1S/C13H13ClN2O/c1-9-6-11(15)7-16-13(9)17-8-10-4-2-3-5-12(10)14/h2-7H,8,15H2,1H3. The van der Waals surface area contributed by atoms with Crippen molar-refractivity contribution in [3.05, 3.63) is 52.7 Å². The molecule has 0 spiro atoms. The minimum atomic E-state index is 0.400. The number of benzene rings is 1. The number of rotatable bonds is 3. The Kier molecular flexibility index (Phi) is 3.49. The molecular weight excluding hydrogens is 236 g/mol. The van der Waals surface area contributed by atoms with E-state index in [0.29, 0.717) is 23.2 Å². The van der Waals surface area contributed by atoms with Gasteiger partial charge in [0.1, 0.15) is 6.61 Å². The number of nitrogens with two attached hydrogens (primary N) is 1. The van der Waals surface area contributed by atoms with E-state index in [1.165, 1.54) is 0 Å². The van der Waals surface area contributed by atoms with Gasteiger partial charge in [-0.15, -0.1) is 0 Å². The molecule has 0 atom stereocenters. The number of hydrogen-bond donors (Lipinski definition) is 1. The largest absolute Gasteiger partial charge is 0.473 e. The molecule has 2 aromatic rings. The molecule has 0 aliphatic heterocycles. The van der Waals surface area contributed by atoms with Gasteiger partial charge in [0.25, 0.3) is 0 Å². The Morgan fingerprint density at radius 2 is 2.12 bits per heavy atom. The van der Waals surface area contributed by atoms with Gasteiger partial charge in [-0.25, -0.2) is 4.98 Å². The number of aryl methyl sites for hydroxylation is 1. The van der Waals surface area contributed by atoms with Crippen LogP contribution in [0.3, 0.4) is 0 Å². The van der Waals surface area contributed by atoms with Crippen molar-refractivity contribution in [3.63, 3.8) is 0 Å². The Bertz CT molecular complexity index is 529. The Labute approximate surface area is 105 Å². The van der Waals surface area contributed by atoms with Crippen molar-refractivity contribution in [2.75, 3.05) is 5.73 Å². The first-order chi connectivity index (χ1) is 8.16. The fourth-order valence-corrected chi connectivity index (χ4v) is 1.69. The Morgan fingerprint density at radius 3 is 2.82 bits per heavy atom. The van der Waals surface area contributed by atoms with Gasteiger partial charge >= 0.3 is 0 Å². The molecule has 1 heterocycles.